The van der Waals surface area contributed by atoms with Crippen LogP contribution in [0, 0.1) is 47.0 Å². The molecule has 2 aromatic carbocycles. The standard InChI is InChI=1S/C48H52N4O6/c1-27-4-9-32(40(55)20-27)41(56)22-30(53)8-5-28-6-15-42-43(21-28)58-47-37(48(18-19-57-42)16-2-3-17-48)13-14-39(54)33-11-12-34-44-29(23-51-46(34)49)7-10-31(45(33)44)35-24-50-38-26-52(47)25-36(35)38/h4,6,9,11-12,15,21,24-25,27,29,31-32,37,39-41,46-47,51,54-56H,2-3,5,7-8,10,16-17,20,22-23,26,49H2,1H3/p+1/t27-,29+,31+,32+,37+,39+,40+,41+,46-,47+/m1/s1. The minimum absolute atomic E-state index is 0.0105. The van der Waals surface area contributed by atoms with Gasteiger partial charge < -0.3 is 30.5 Å². The molecular formula is C48H53N4O6+. The Hall–Kier alpha value is -4.52. The lowest BCUT2D eigenvalue weighted by Crippen LogP contribution is -3.13. The lowest BCUT2D eigenvalue weighted by Gasteiger charge is -2.41. The van der Waals surface area contributed by atoms with Crippen molar-refractivity contribution in [3.8, 4) is 35.4 Å². The van der Waals surface area contributed by atoms with Gasteiger partial charge in [0.05, 0.1) is 29.4 Å². The minimum Gasteiger partial charge on any atom is -0.437 e. The van der Waals surface area contributed by atoms with Crippen molar-refractivity contribution in [1.82, 2.24) is 5.32 Å². The van der Waals surface area contributed by atoms with Gasteiger partial charge in [0.15, 0.2) is 11.5 Å². The quantitative estimate of drug-likeness (QED) is 0.189. The van der Waals surface area contributed by atoms with Crippen LogP contribution in [0.15, 0.2) is 71.0 Å². The Balaban J connectivity index is 1.00. The summed E-state index contributed by atoms with van der Waals surface area (Å²) in [6.45, 7) is 3.48. The number of nitrogens with zero attached hydrogens (tertiary/aromatic N) is 1. The van der Waals surface area contributed by atoms with Gasteiger partial charge >= 0.3 is 0 Å². The van der Waals surface area contributed by atoms with Crippen LogP contribution in [0.1, 0.15) is 117 Å². The molecule has 11 atom stereocenters. The van der Waals surface area contributed by atoms with Crippen molar-refractivity contribution >= 4 is 11.5 Å². The molecule has 0 amide bonds. The summed E-state index contributed by atoms with van der Waals surface area (Å²) < 4.78 is 13.4. The largest absolute Gasteiger partial charge is 0.437 e. The van der Waals surface area contributed by atoms with Crippen LogP contribution in [0.3, 0.4) is 0 Å². The second kappa shape index (κ2) is 14.9. The van der Waals surface area contributed by atoms with Crippen LogP contribution in [0.4, 0.5) is 0 Å². The second-order valence-electron chi connectivity index (χ2n) is 18.0. The van der Waals surface area contributed by atoms with Gasteiger partial charge in [-0.3, -0.25) is 20.0 Å². The Morgan fingerprint density at radius 2 is 1.93 bits per heavy atom. The number of aliphatic imine (C=N–C) groups is 1. The average Bonchev–Trinajstić information content (AvgIpc) is 3.96. The first-order chi connectivity index (χ1) is 28.2. The van der Waals surface area contributed by atoms with Crippen LogP contribution < -0.4 is 25.4 Å². The maximum Gasteiger partial charge on any atom is 0.252 e. The Morgan fingerprint density at radius 3 is 2.78 bits per heavy atom. The van der Waals surface area contributed by atoms with E-state index in [-0.39, 0.29) is 42.5 Å². The van der Waals surface area contributed by atoms with Gasteiger partial charge in [-0.05, 0) is 95.9 Å². The van der Waals surface area contributed by atoms with E-state index in [2.05, 4.69) is 41.5 Å². The highest BCUT2D eigenvalue weighted by molar-refractivity contribution is 6.08. The van der Waals surface area contributed by atoms with Gasteiger partial charge in [0.25, 0.3) is 6.23 Å². The van der Waals surface area contributed by atoms with E-state index in [1.54, 1.807) is 0 Å². The number of nitrogens with two attached hydrogens (primary N) is 1. The summed E-state index contributed by atoms with van der Waals surface area (Å²) in [6, 6.07) is 9.87. The lowest BCUT2D eigenvalue weighted by molar-refractivity contribution is -0.888. The van der Waals surface area contributed by atoms with Gasteiger partial charge in [-0.2, -0.15) is 0 Å². The number of benzene rings is 2. The molecule has 300 valence electrons. The number of ether oxygens (including phenoxy) is 2. The van der Waals surface area contributed by atoms with E-state index in [0.717, 1.165) is 77.9 Å². The van der Waals surface area contributed by atoms with Crippen molar-refractivity contribution < 1.29 is 34.5 Å². The number of Topliss-reactive ketones (excluding diaryl/α,β-unsaturated/α-hetero) is 1. The zero-order valence-corrected chi connectivity index (χ0v) is 33.0. The van der Waals surface area contributed by atoms with Crippen LogP contribution in [-0.4, -0.2) is 58.3 Å². The Morgan fingerprint density at radius 1 is 1.09 bits per heavy atom. The van der Waals surface area contributed by atoms with Gasteiger partial charge in [0.2, 0.25) is 0 Å². The summed E-state index contributed by atoms with van der Waals surface area (Å²) in [5.74, 6) is 11.4. The molecule has 0 saturated heterocycles. The van der Waals surface area contributed by atoms with Gasteiger partial charge in [-0.1, -0.05) is 67.9 Å². The van der Waals surface area contributed by atoms with Crippen LogP contribution in [0.25, 0.3) is 0 Å². The third-order valence-electron chi connectivity index (χ3n) is 14.3. The molecule has 0 radical (unpaired) electrons. The summed E-state index contributed by atoms with van der Waals surface area (Å²) in [5.41, 5.74) is 14.8. The van der Waals surface area contributed by atoms with Crippen molar-refractivity contribution in [3.63, 3.8) is 0 Å². The number of rotatable bonds is 6. The third kappa shape index (κ3) is 6.55. The SMILES string of the molecule is C[C@@H]1C=C[C@H]([C@@H](O)CC(=O)CCc2ccc3c(c2)O[C@H]2[C@H](C#C[C@H](O)c4ccc5c6c4[C@@H](CC[C@H]6CN[C@H]5N)C4=CN=C5C[NH+]2C=C45)C2(C#CO3)CCCC2)[C@@H](O)C1. The number of ketones is 1. The first-order valence-corrected chi connectivity index (χ1v) is 21.4. The second-order valence-corrected chi connectivity index (χ2v) is 18.0. The molecule has 58 heavy (non-hydrogen) atoms. The van der Waals surface area contributed by atoms with Crippen LogP contribution in [0.5, 0.6) is 11.5 Å². The smallest absolute Gasteiger partial charge is 0.252 e. The Labute approximate surface area is 340 Å². The number of hydrogen-bond acceptors (Lipinski definition) is 9. The number of aryl methyl sites for hydroxylation is 1. The number of aliphatic hydroxyl groups is 3. The maximum absolute atomic E-state index is 13.2. The van der Waals surface area contributed by atoms with Gasteiger partial charge in [0, 0.05) is 37.4 Å². The molecule has 0 aromatic heterocycles. The molecule has 10 rings (SSSR count). The van der Waals surface area contributed by atoms with E-state index in [0.29, 0.717) is 36.8 Å². The number of quaternary nitrogens is 1. The summed E-state index contributed by atoms with van der Waals surface area (Å²) in [5, 5.41) is 37.1. The number of nitrogens with one attached hydrogen (secondary N) is 2. The molecule has 5 aliphatic heterocycles. The molecule has 1 unspecified atom stereocenters. The molecule has 1 fully saturated rings. The summed E-state index contributed by atoms with van der Waals surface area (Å²) >= 11 is 0. The number of fused-ring (bicyclic) bond motifs is 6. The van der Waals surface area contributed by atoms with Gasteiger partial charge in [-0.25, -0.2) is 0 Å². The summed E-state index contributed by atoms with van der Waals surface area (Å²) in [6.07, 6.45) is 14.9. The molecular weight excluding hydrogens is 729 g/mol. The van der Waals surface area contributed by atoms with Crippen molar-refractivity contribution in [2.45, 2.75) is 114 Å². The molecule has 8 aliphatic rings. The van der Waals surface area contributed by atoms with Gasteiger partial charge in [0.1, 0.15) is 42.4 Å². The molecule has 1 spiro atoms. The highest BCUT2D eigenvalue weighted by Crippen LogP contribution is 2.52. The van der Waals surface area contributed by atoms with E-state index in [1.807, 2.05) is 49.5 Å². The minimum atomic E-state index is -1.02. The molecule has 2 aromatic rings. The topological polar surface area (TPSA) is 151 Å². The number of aliphatic hydroxyl groups excluding tert-OH is 3. The zero-order chi connectivity index (χ0) is 39.7. The highest BCUT2D eigenvalue weighted by Gasteiger charge is 2.52. The number of carbonyl (C=O) groups is 1. The molecule has 5 heterocycles. The molecule has 1 saturated carbocycles. The highest BCUT2D eigenvalue weighted by atomic mass is 16.5. The van der Waals surface area contributed by atoms with E-state index in [9.17, 15) is 20.1 Å². The summed E-state index contributed by atoms with van der Waals surface area (Å²) in [7, 11) is 0. The molecule has 3 aliphatic carbocycles. The van der Waals surface area contributed by atoms with Crippen LogP contribution in [0.2, 0.25) is 0 Å². The fourth-order valence-corrected chi connectivity index (χ4v) is 11.3. The van der Waals surface area contributed by atoms with E-state index in [1.165, 1.54) is 16.7 Å². The predicted octanol–water partition coefficient (Wildman–Crippen LogP) is 4.14. The van der Waals surface area contributed by atoms with Crippen molar-refractivity contribution in [1.29, 1.82) is 0 Å². The first kappa shape index (κ1) is 37.7. The number of carbonyl (C=O) groups excluding carboxylic acids is 1. The fourth-order valence-electron chi connectivity index (χ4n) is 11.3. The molecule has 7 N–H and O–H groups in total. The van der Waals surface area contributed by atoms with Gasteiger partial charge in [-0.15, -0.1) is 0 Å². The fraction of sp³-hybridized carbons (Fsp3) is 0.500. The molecule has 10 heteroatoms. The Bertz CT molecular complexity index is 2280. The van der Waals surface area contributed by atoms with Crippen LogP contribution in [-0.2, 0) is 11.2 Å². The monoisotopic (exact) mass is 781 g/mol. The molecule has 2 bridgehead atoms. The third-order valence-corrected chi connectivity index (χ3v) is 14.3. The van der Waals surface area contributed by atoms with Crippen molar-refractivity contribution in [2.75, 3.05) is 13.1 Å². The lowest BCUT2D eigenvalue weighted by atomic mass is 9.67. The first-order valence-electron chi connectivity index (χ1n) is 21.4. The number of hydrogen-bond donors (Lipinski definition) is 6. The van der Waals surface area contributed by atoms with Crippen LogP contribution >= 0.6 is 0 Å². The number of allylic oxidation sites excluding steroid dienone is 2. The Kier molecular flexibility index (Phi) is 9.72. The molecule has 10 nitrogen and oxygen atoms in total. The summed E-state index contributed by atoms with van der Waals surface area (Å²) in [4.78, 5) is 19.3. The van der Waals surface area contributed by atoms with E-state index < -0.39 is 35.9 Å². The predicted molar refractivity (Wildman–Crippen MR) is 218 cm³/mol. The zero-order valence-electron chi connectivity index (χ0n) is 33.0. The van der Waals surface area contributed by atoms with E-state index >= 15 is 0 Å². The maximum atomic E-state index is 13.2. The van der Waals surface area contributed by atoms with E-state index in [4.69, 9.17) is 20.2 Å². The van der Waals surface area contributed by atoms with Crippen molar-refractivity contribution in [3.05, 3.63) is 93.8 Å². The normalized spacial score (nSPS) is 33.8. The average molecular weight is 782 g/mol. The van der Waals surface area contributed by atoms with Crippen molar-refractivity contribution in [2.24, 2.45) is 33.9 Å².